The average molecular weight is 354 g/mol. The highest BCUT2D eigenvalue weighted by Crippen LogP contribution is 2.18. The molecular formula is C19H16F2N4O. The zero-order chi connectivity index (χ0) is 18.7. The van der Waals surface area contributed by atoms with Crippen LogP contribution >= 0.6 is 0 Å². The van der Waals surface area contributed by atoms with Crippen molar-refractivity contribution in [1.82, 2.24) is 9.97 Å². The number of hydrogen-bond donors (Lipinski definition) is 2. The molecule has 0 spiro atoms. The summed E-state index contributed by atoms with van der Waals surface area (Å²) in [6.45, 7) is 3.77. The Morgan fingerprint density at radius 1 is 0.846 bits per heavy atom. The van der Waals surface area contributed by atoms with Gasteiger partial charge in [0.25, 0.3) is 5.91 Å². The van der Waals surface area contributed by atoms with Crippen molar-refractivity contribution in [2.45, 2.75) is 13.8 Å². The molecule has 1 aromatic heterocycles. The molecule has 26 heavy (non-hydrogen) atoms. The summed E-state index contributed by atoms with van der Waals surface area (Å²) in [5, 5.41) is 5.71. The largest absolute Gasteiger partial charge is 0.324 e. The van der Waals surface area contributed by atoms with Gasteiger partial charge in [0.05, 0.1) is 0 Å². The number of halogens is 2. The fraction of sp³-hybridized carbons (Fsp3) is 0.105. The summed E-state index contributed by atoms with van der Waals surface area (Å²) in [7, 11) is 0. The second-order valence-electron chi connectivity index (χ2n) is 5.76. The van der Waals surface area contributed by atoms with Crippen LogP contribution in [0.2, 0.25) is 0 Å². The van der Waals surface area contributed by atoms with E-state index in [0.29, 0.717) is 11.6 Å². The van der Waals surface area contributed by atoms with Crippen molar-refractivity contribution < 1.29 is 13.6 Å². The van der Waals surface area contributed by atoms with E-state index in [1.165, 1.54) is 6.07 Å². The van der Waals surface area contributed by atoms with Gasteiger partial charge in [-0.05, 0) is 62.4 Å². The first kappa shape index (κ1) is 17.5. The Balaban J connectivity index is 1.69. The predicted octanol–water partition coefficient (Wildman–Crippen LogP) is 4.37. The van der Waals surface area contributed by atoms with Gasteiger partial charge in [0.2, 0.25) is 5.95 Å². The van der Waals surface area contributed by atoms with E-state index in [2.05, 4.69) is 20.6 Å². The minimum Gasteiger partial charge on any atom is -0.324 e. The third kappa shape index (κ3) is 4.18. The third-order valence-electron chi connectivity index (χ3n) is 3.56. The fourth-order valence-electron chi connectivity index (χ4n) is 2.39. The lowest BCUT2D eigenvalue weighted by molar-refractivity contribution is 0.102. The number of anilines is 3. The van der Waals surface area contributed by atoms with Crippen LogP contribution in [-0.2, 0) is 0 Å². The summed E-state index contributed by atoms with van der Waals surface area (Å²) in [5.74, 6) is -2.10. The van der Waals surface area contributed by atoms with Crippen LogP contribution in [0.4, 0.5) is 26.1 Å². The van der Waals surface area contributed by atoms with Crippen LogP contribution in [0.5, 0.6) is 0 Å². The van der Waals surface area contributed by atoms with Crippen molar-refractivity contribution in [3.05, 3.63) is 77.1 Å². The molecule has 0 radical (unpaired) electrons. The topological polar surface area (TPSA) is 66.9 Å². The van der Waals surface area contributed by atoms with E-state index < -0.39 is 17.5 Å². The number of nitrogens with zero attached hydrogens (tertiary/aromatic N) is 2. The van der Waals surface area contributed by atoms with Gasteiger partial charge in [0.1, 0.15) is 0 Å². The summed E-state index contributed by atoms with van der Waals surface area (Å²) in [6, 6.07) is 11.7. The highest BCUT2D eigenvalue weighted by molar-refractivity contribution is 6.04. The van der Waals surface area contributed by atoms with Crippen LogP contribution in [0.1, 0.15) is 21.7 Å². The number of benzene rings is 2. The highest BCUT2D eigenvalue weighted by atomic mass is 19.2. The second kappa shape index (κ2) is 7.26. The van der Waals surface area contributed by atoms with Crippen LogP contribution in [0.25, 0.3) is 0 Å². The standard InChI is InChI=1S/C19H16F2N4O/c1-11-9-12(2)23-19(22-11)25-15-6-4-14(5-7-15)24-18(26)13-3-8-16(20)17(21)10-13/h3-10H,1-2H3,(H,24,26)(H,22,23,25). The van der Waals surface area contributed by atoms with Crippen molar-refractivity contribution in [3.63, 3.8) is 0 Å². The van der Waals surface area contributed by atoms with Crippen molar-refractivity contribution in [3.8, 4) is 0 Å². The van der Waals surface area contributed by atoms with Gasteiger partial charge in [-0.15, -0.1) is 0 Å². The molecule has 5 nitrogen and oxygen atoms in total. The molecule has 7 heteroatoms. The molecule has 0 bridgehead atoms. The van der Waals surface area contributed by atoms with E-state index in [1.54, 1.807) is 24.3 Å². The Kier molecular flexibility index (Phi) is 4.88. The fourth-order valence-corrected chi connectivity index (χ4v) is 2.39. The number of carbonyl (C=O) groups excluding carboxylic acids is 1. The van der Waals surface area contributed by atoms with Crippen LogP contribution in [0.3, 0.4) is 0 Å². The Labute approximate surface area is 149 Å². The summed E-state index contributed by atoms with van der Waals surface area (Å²) in [4.78, 5) is 20.7. The lowest BCUT2D eigenvalue weighted by Crippen LogP contribution is -2.12. The number of carbonyl (C=O) groups is 1. The first-order valence-corrected chi connectivity index (χ1v) is 7.86. The quantitative estimate of drug-likeness (QED) is 0.730. The lowest BCUT2D eigenvalue weighted by Gasteiger charge is -2.09. The van der Waals surface area contributed by atoms with Gasteiger partial charge in [0, 0.05) is 28.3 Å². The molecule has 0 saturated carbocycles. The van der Waals surface area contributed by atoms with Gasteiger partial charge >= 0.3 is 0 Å². The van der Waals surface area contributed by atoms with Crippen molar-refractivity contribution in [2.24, 2.45) is 0 Å². The number of nitrogens with one attached hydrogen (secondary N) is 2. The maximum atomic E-state index is 13.2. The summed E-state index contributed by atoms with van der Waals surface area (Å²) in [6.07, 6.45) is 0. The number of aryl methyl sites for hydroxylation is 2. The van der Waals surface area contributed by atoms with E-state index in [4.69, 9.17) is 0 Å². The Morgan fingerprint density at radius 2 is 1.46 bits per heavy atom. The van der Waals surface area contributed by atoms with Crippen LogP contribution in [0, 0.1) is 25.5 Å². The molecular weight excluding hydrogens is 338 g/mol. The molecule has 2 aromatic carbocycles. The molecule has 0 saturated heterocycles. The van der Waals surface area contributed by atoms with Gasteiger partial charge in [0.15, 0.2) is 11.6 Å². The molecule has 0 unspecified atom stereocenters. The van der Waals surface area contributed by atoms with Gasteiger partial charge in [-0.3, -0.25) is 4.79 Å². The molecule has 0 fully saturated rings. The van der Waals surface area contributed by atoms with E-state index in [9.17, 15) is 13.6 Å². The summed E-state index contributed by atoms with van der Waals surface area (Å²) in [5.41, 5.74) is 3.02. The highest BCUT2D eigenvalue weighted by Gasteiger charge is 2.10. The zero-order valence-corrected chi connectivity index (χ0v) is 14.2. The Hall–Kier alpha value is -3.35. The molecule has 3 aromatic rings. The summed E-state index contributed by atoms with van der Waals surface area (Å²) >= 11 is 0. The van der Waals surface area contributed by atoms with E-state index in [0.717, 1.165) is 29.2 Å². The van der Waals surface area contributed by atoms with Gasteiger partial charge < -0.3 is 10.6 Å². The maximum absolute atomic E-state index is 13.2. The number of aromatic nitrogens is 2. The van der Waals surface area contributed by atoms with E-state index >= 15 is 0 Å². The zero-order valence-electron chi connectivity index (χ0n) is 14.2. The normalized spacial score (nSPS) is 10.5. The van der Waals surface area contributed by atoms with E-state index in [-0.39, 0.29) is 5.56 Å². The van der Waals surface area contributed by atoms with Crippen LogP contribution < -0.4 is 10.6 Å². The van der Waals surface area contributed by atoms with Crippen molar-refractivity contribution in [1.29, 1.82) is 0 Å². The molecule has 0 aliphatic rings. The molecule has 0 atom stereocenters. The molecule has 2 N–H and O–H groups in total. The average Bonchev–Trinajstić information content (AvgIpc) is 2.58. The van der Waals surface area contributed by atoms with Crippen LogP contribution in [-0.4, -0.2) is 15.9 Å². The minimum absolute atomic E-state index is 0.0368. The van der Waals surface area contributed by atoms with Crippen LogP contribution in [0.15, 0.2) is 48.5 Å². The first-order chi connectivity index (χ1) is 12.4. The Bertz CT molecular complexity index is 938. The molecule has 1 amide bonds. The molecule has 1 heterocycles. The third-order valence-corrected chi connectivity index (χ3v) is 3.56. The number of amides is 1. The van der Waals surface area contributed by atoms with Gasteiger partial charge in [-0.1, -0.05) is 0 Å². The molecule has 0 aliphatic carbocycles. The lowest BCUT2D eigenvalue weighted by atomic mass is 10.2. The predicted molar refractivity (Wildman–Crippen MR) is 95.5 cm³/mol. The van der Waals surface area contributed by atoms with Crippen molar-refractivity contribution in [2.75, 3.05) is 10.6 Å². The maximum Gasteiger partial charge on any atom is 0.255 e. The smallest absolute Gasteiger partial charge is 0.255 e. The SMILES string of the molecule is Cc1cc(C)nc(Nc2ccc(NC(=O)c3ccc(F)c(F)c3)cc2)n1. The number of rotatable bonds is 4. The molecule has 132 valence electrons. The molecule has 0 aliphatic heterocycles. The molecule has 3 rings (SSSR count). The van der Waals surface area contributed by atoms with E-state index in [1.807, 2.05) is 19.9 Å². The van der Waals surface area contributed by atoms with Crippen molar-refractivity contribution >= 4 is 23.2 Å². The second-order valence-corrected chi connectivity index (χ2v) is 5.76. The summed E-state index contributed by atoms with van der Waals surface area (Å²) < 4.78 is 26.2. The van der Waals surface area contributed by atoms with Gasteiger partial charge in [-0.25, -0.2) is 18.7 Å². The number of hydrogen-bond acceptors (Lipinski definition) is 4. The first-order valence-electron chi connectivity index (χ1n) is 7.86. The van der Waals surface area contributed by atoms with Gasteiger partial charge in [-0.2, -0.15) is 0 Å². The minimum atomic E-state index is -1.06. The monoisotopic (exact) mass is 354 g/mol. The Morgan fingerprint density at radius 3 is 2.08 bits per heavy atom.